The van der Waals surface area contributed by atoms with Gasteiger partial charge in [0, 0.05) is 12.5 Å². The number of nitrogens with zero attached hydrogens (tertiary/aromatic N) is 1. The lowest BCUT2D eigenvalue weighted by molar-refractivity contribution is -0.153. The highest BCUT2D eigenvalue weighted by Gasteiger charge is 2.41. The number of carbonyl (C=O) groups excluding carboxylic acids is 1. The molecule has 8 heteroatoms. The van der Waals surface area contributed by atoms with Crippen molar-refractivity contribution in [3.8, 4) is 5.69 Å². The van der Waals surface area contributed by atoms with Crippen LogP contribution in [-0.2, 0) is 6.42 Å². The third kappa shape index (κ3) is 4.51. The Bertz CT molecular complexity index is 1010. The molecule has 0 radical (unpaired) electrons. The van der Waals surface area contributed by atoms with Crippen LogP contribution in [-0.4, -0.2) is 27.9 Å². The predicted octanol–water partition coefficient (Wildman–Crippen LogP) is 3.38. The second-order valence-electron chi connectivity index (χ2n) is 6.44. The average molecular weight is 389 g/mol. The number of aromatic nitrogens is 2. The Morgan fingerprint density at radius 1 is 1.11 bits per heavy atom. The van der Waals surface area contributed by atoms with E-state index in [2.05, 4.69) is 5.10 Å². The molecule has 1 unspecified atom stereocenters. The number of rotatable bonds is 5. The molecule has 1 heterocycles. The molecule has 146 valence electrons. The molecule has 3 rings (SSSR count). The number of amides is 1. The normalized spacial score (nSPS) is 12.6. The Hall–Kier alpha value is -3.29. The maximum absolute atomic E-state index is 13.4. The van der Waals surface area contributed by atoms with Gasteiger partial charge in [-0.15, -0.1) is 0 Å². The van der Waals surface area contributed by atoms with Crippen LogP contribution in [0.15, 0.2) is 65.5 Å². The number of nitrogens with one attached hydrogen (secondary N) is 2. The van der Waals surface area contributed by atoms with E-state index in [1.165, 1.54) is 0 Å². The van der Waals surface area contributed by atoms with Crippen molar-refractivity contribution < 1.29 is 18.0 Å². The second-order valence-corrected chi connectivity index (χ2v) is 6.44. The van der Waals surface area contributed by atoms with Gasteiger partial charge in [0.05, 0.1) is 5.69 Å². The topological polar surface area (TPSA) is 66.9 Å². The van der Waals surface area contributed by atoms with Gasteiger partial charge in [0.25, 0.3) is 11.5 Å². The van der Waals surface area contributed by atoms with Crippen molar-refractivity contribution in [3.63, 3.8) is 0 Å². The van der Waals surface area contributed by atoms with Crippen molar-refractivity contribution in [2.24, 2.45) is 0 Å². The zero-order valence-electron chi connectivity index (χ0n) is 15.0. The van der Waals surface area contributed by atoms with Crippen LogP contribution in [0.5, 0.6) is 0 Å². The summed E-state index contributed by atoms with van der Waals surface area (Å²) in [6.45, 7) is 1.88. The van der Waals surface area contributed by atoms with E-state index >= 15 is 0 Å². The Balaban J connectivity index is 1.81. The first-order valence-corrected chi connectivity index (χ1v) is 8.54. The summed E-state index contributed by atoms with van der Waals surface area (Å²) in [5.41, 5.74) is 1.12. The van der Waals surface area contributed by atoms with Crippen molar-refractivity contribution in [2.45, 2.75) is 25.6 Å². The molecule has 0 saturated heterocycles. The highest BCUT2D eigenvalue weighted by atomic mass is 19.4. The summed E-state index contributed by atoms with van der Waals surface area (Å²) < 4.78 is 41.2. The number of aryl methyl sites for hydroxylation is 1. The molecule has 0 aliphatic carbocycles. The van der Waals surface area contributed by atoms with Gasteiger partial charge in [-0.3, -0.25) is 14.7 Å². The largest absolute Gasteiger partial charge is 0.408 e. The number of aromatic amines is 1. The summed E-state index contributed by atoms with van der Waals surface area (Å²) in [7, 11) is 0. The molecule has 1 atom stereocenters. The quantitative estimate of drug-likeness (QED) is 0.703. The first kappa shape index (κ1) is 19.5. The molecule has 0 saturated carbocycles. The number of hydrogen-bond donors (Lipinski definition) is 2. The van der Waals surface area contributed by atoms with Crippen LogP contribution in [0, 0.1) is 6.92 Å². The number of hydrogen-bond acceptors (Lipinski definition) is 2. The molecule has 2 aromatic carbocycles. The first-order valence-electron chi connectivity index (χ1n) is 8.54. The summed E-state index contributed by atoms with van der Waals surface area (Å²) in [5, 5.41) is 4.54. The molecule has 28 heavy (non-hydrogen) atoms. The third-order valence-electron chi connectivity index (χ3n) is 4.24. The standard InChI is InChI=1S/C20H18F3N3O2/c1-13-7-9-15(10-8-13)26-18(27)12-16(25-26)19(28)24-17(20(21,22)23)11-14-5-3-2-4-6-14/h2-10,12,17,25H,11H2,1H3,(H,24,28). The Morgan fingerprint density at radius 2 is 1.75 bits per heavy atom. The van der Waals surface area contributed by atoms with E-state index in [1.807, 2.05) is 12.2 Å². The van der Waals surface area contributed by atoms with Gasteiger partial charge in [0.1, 0.15) is 11.7 Å². The molecular weight excluding hydrogens is 371 g/mol. The molecule has 2 N–H and O–H groups in total. The molecule has 0 bridgehead atoms. The van der Waals surface area contributed by atoms with Gasteiger partial charge in [-0.05, 0) is 24.6 Å². The molecule has 0 aliphatic heterocycles. The number of halogens is 3. The fourth-order valence-electron chi connectivity index (χ4n) is 2.73. The average Bonchev–Trinajstić information content (AvgIpc) is 3.04. The minimum Gasteiger partial charge on any atom is -0.339 e. The monoisotopic (exact) mass is 389 g/mol. The van der Waals surface area contributed by atoms with Crippen molar-refractivity contribution in [1.82, 2.24) is 15.1 Å². The van der Waals surface area contributed by atoms with E-state index in [9.17, 15) is 22.8 Å². The van der Waals surface area contributed by atoms with Gasteiger partial charge in [-0.25, -0.2) is 4.68 Å². The number of benzene rings is 2. The summed E-state index contributed by atoms with van der Waals surface area (Å²) in [5.74, 6) is -0.999. The lowest BCUT2D eigenvalue weighted by atomic mass is 10.1. The van der Waals surface area contributed by atoms with Gasteiger partial charge in [-0.1, -0.05) is 48.0 Å². The molecule has 1 aromatic heterocycles. The van der Waals surface area contributed by atoms with Crippen LogP contribution in [0.1, 0.15) is 21.6 Å². The van der Waals surface area contributed by atoms with E-state index in [0.29, 0.717) is 11.3 Å². The second kappa shape index (κ2) is 7.75. The lowest BCUT2D eigenvalue weighted by Crippen LogP contribution is -2.47. The minimum atomic E-state index is -4.63. The summed E-state index contributed by atoms with van der Waals surface area (Å²) in [6, 6.07) is 13.9. The van der Waals surface area contributed by atoms with Crippen molar-refractivity contribution in [3.05, 3.63) is 87.8 Å². The van der Waals surface area contributed by atoms with E-state index in [0.717, 1.165) is 16.3 Å². The van der Waals surface area contributed by atoms with Crippen LogP contribution in [0.2, 0.25) is 0 Å². The predicted molar refractivity (Wildman–Crippen MR) is 98.6 cm³/mol. The smallest absolute Gasteiger partial charge is 0.339 e. The van der Waals surface area contributed by atoms with Crippen molar-refractivity contribution in [2.75, 3.05) is 0 Å². The maximum atomic E-state index is 13.4. The van der Waals surface area contributed by atoms with E-state index < -0.39 is 30.1 Å². The molecule has 5 nitrogen and oxygen atoms in total. The zero-order chi connectivity index (χ0) is 20.3. The van der Waals surface area contributed by atoms with Crippen LogP contribution < -0.4 is 10.9 Å². The molecule has 0 fully saturated rings. The molecule has 3 aromatic rings. The van der Waals surface area contributed by atoms with Crippen LogP contribution in [0.25, 0.3) is 5.69 Å². The first-order chi connectivity index (χ1) is 13.2. The van der Waals surface area contributed by atoms with Gasteiger partial charge >= 0.3 is 6.18 Å². The summed E-state index contributed by atoms with van der Waals surface area (Å²) in [6.07, 6.45) is -5.04. The van der Waals surface area contributed by atoms with Gasteiger partial charge in [0.15, 0.2) is 0 Å². The molecule has 0 spiro atoms. The minimum absolute atomic E-state index is 0.243. The SMILES string of the molecule is Cc1ccc(-n2[nH]c(C(=O)NC(Cc3ccccc3)C(F)(F)F)cc2=O)cc1. The molecule has 1 amide bonds. The van der Waals surface area contributed by atoms with Gasteiger partial charge in [0.2, 0.25) is 0 Å². The number of H-pyrrole nitrogens is 1. The fraction of sp³-hybridized carbons (Fsp3) is 0.200. The van der Waals surface area contributed by atoms with Crippen LogP contribution in [0.4, 0.5) is 13.2 Å². The maximum Gasteiger partial charge on any atom is 0.408 e. The Labute approximate surface area is 158 Å². The Kier molecular flexibility index (Phi) is 5.39. The molecular formula is C20H18F3N3O2. The van der Waals surface area contributed by atoms with Crippen molar-refractivity contribution in [1.29, 1.82) is 0 Å². The zero-order valence-corrected chi connectivity index (χ0v) is 15.0. The van der Waals surface area contributed by atoms with Crippen molar-refractivity contribution >= 4 is 5.91 Å². The Morgan fingerprint density at radius 3 is 2.36 bits per heavy atom. The third-order valence-corrected chi connectivity index (χ3v) is 4.24. The van der Waals surface area contributed by atoms with Crippen LogP contribution >= 0.6 is 0 Å². The van der Waals surface area contributed by atoms with Gasteiger partial charge in [-0.2, -0.15) is 13.2 Å². The highest BCUT2D eigenvalue weighted by Crippen LogP contribution is 2.23. The highest BCUT2D eigenvalue weighted by molar-refractivity contribution is 5.92. The fourth-order valence-corrected chi connectivity index (χ4v) is 2.73. The molecule has 0 aliphatic rings. The van der Waals surface area contributed by atoms with Crippen LogP contribution in [0.3, 0.4) is 0 Å². The van der Waals surface area contributed by atoms with Gasteiger partial charge < -0.3 is 5.32 Å². The summed E-state index contributed by atoms with van der Waals surface area (Å²) >= 11 is 0. The lowest BCUT2D eigenvalue weighted by Gasteiger charge is -2.21. The van der Waals surface area contributed by atoms with E-state index in [-0.39, 0.29) is 5.69 Å². The number of carbonyl (C=O) groups is 1. The van der Waals surface area contributed by atoms with E-state index in [4.69, 9.17) is 0 Å². The number of alkyl halides is 3. The van der Waals surface area contributed by atoms with E-state index in [1.54, 1.807) is 54.6 Å². The summed E-state index contributed by atoms with van der Waals surface area (Å²) in [4.78, 5) is 24.5.